The molecule has 0 saturated carbocycles. The maximum Gasteiger partial charge on any atom is 0.257 e. The van der Waals surface area contributed by atoms with Gasteiger partial charge in [0.15, 0.2) is 5.84 Å². The van der Waals surface area contributed by atoms with Crippen LogP contribution in [0.4, 0.5) is 0 Å². The summed E-state index contributed by atoms with van der Waals surface area (Å²) in [5.41, 5.74) is 7.59. The van der Waals surface area contributed by atoms with Crippen LogP contribution in [-0.2, 0) is 13.6 Å². The number of aryl methyl sites for hydroxylation is 1. The van der Waals surface area contributed by atoms with Crippen LogP contribution in [0, 0.1) is 0 Å². The van der Waals surface area contributed by atoms with Crippen LogP contribution >= 0.6 is 0 Å². The van der Waals surface area contributed by atoms with Crippen LogP contribution in [0.5, 0.6) is 0 Å². The molecule has 0 spiro atoms. The first-order valence-corrected chi connectivity index (χ1v) is 6.32. The van der Waals surface area contributed by atoms with E-state index in [-0.39, 0.29) is 11.7 Å². The zero-order valence-corrected chi connectivity index (χ0v) is 11.9. The summed E-state index contributed by atoms with van der Waals surface area (Å²) in [6.07, 6.45) is 3.21. The predicted octanol–water partition coefficient (Wildman–Crippen LogP) is 0.787. The summed E-state index contributed by atoms with van der Waals surface area (Å²) < 4.78 is 1.58. The largest absolute Gasteiger partial charge is 0.409 e. The van der Waals surface area contributed by atoms with Crippen molar-refractivity contribution in [1.82, 2.24) is 14.7 Å². The van der Waals surface area contributed by atoms with Crippen molar-refractivity contribution in [3.8, 4) is 0 Å². The number of hydrogen-bond acceptors (Lipinski definition) is 4. The summed E-state index contributed by atoms with van der Waals surface area (Å²) in [4.78, 5) is 13.8. The molecule has 0 bridgehead atoms. The molecule has 110 valence electrons. The van der Waals surface area contributed by atoms with Crippen molar-refractivity contribution >= 4 is 11.7 Å². The Morgan fingerprint density at radius 3 is 2.86 bits per heavy atom. The second-order valence-corrected chi connectivity index (χ2v) is 4.75. The van der Waals surface area contributed by atoms with E-state index >= 15 is 0 Å². The molecule has 0 atom stereocenters. The molecule has 3 N–H and O–H groups in total. The topological polar surface area (TPSA) is 96.7 Å². The highest BCUT2D eigenvalue weighted by atomic mass is 16.4. The van der Waals surface area contributed by atoms with E-state index < -0.39 is 0 Å². The minimum Gasteiger partial charge on any atom is -0.409 e. The van der Waals surface area contributed by atoms with Gasteiger partial charge in [0.2, 0.25) is 0 Å². The maximum absolute atomic E-state index is 12.2. The van der Waals surface area contributed by atoms with Crippen LogP contribution in [0.2, 0.25) is 0 Å². The minimum atomic E-state index is -0.114. The Labute approximate surface area is 122 Å². The fraction of sp³-hybridized carbons (Fsp3) is 0.214. The quantitative estimate of drug-likeness (QED) is 0.376. The van der Waals surface area contributed by atoms with E-state index in [1.165, 1.54) is 6.20 Å². The van der Waals surface area contributed by atoms with Gasteiger partial charge < -0.3 is 15.8 Å². The van der Waals surface area contributed by atoms with E-state index in [2.05, 4.69) is 10.3 Å². The predicted molar refractivity (Wildman–Crippen MR) is 78.0 cm³/mol. The molecule has 0 radical (unpaired) electrons. The average molecular weight is 287 g/mol. The van der Waals surface area contributed by atoms with Gasteiger partial charge >= 0.3 is 0 Å². The van der Waals surface area contributed by atoms with E-state index in [4.69, 9.17) is 10.9 Å². The molecule has 2 rings (SSSR count). The maximum atomic E-state index is 12.2. The van der Waals surface area contributed by atoms with E-state index in [1.54, 1.807) is 48.1 Å². The SMILES string of the molecule is CN(Cc1cccc(C(N)=NO)c1)C(=O)c1cnn(C)c1. The van der Waals surface area contributed by atoms with Crippen molar-refractivity contribution in [1.29, 1.82) is 0 Å². The van der Waals surface area contributed by atoms with Crippen molar-refractivity contribution in [3.63, 3.8) is 0 Å². The molecule has 1 aromatic heterocycles. The molecule has 0 aliphatic heterocycles. The molecule has 0 fully saturated rings. The molecule has 7 heteroatoms. The van der Waals surface area contributed by atoms with Gasteiger partial charge in [-0.25, -0.2) is 0 Å². The van der Waals surface area contributed by atoms with Crippen LogP contribution in [0.25, 0.3) is 0 Å². The van der Waals surface area contributed by atoms with E-state index in [9.17, 15) is 4.79 Å². The fourth-order valence-electron chi connectivity index (χ4n) is 1.98. The lowest BCUT2D eigenvalue weighted by molar-refractivity contribution is 0.0785. The number of nitrogens with two attached hydrogens (primary N) is 1. The van der Waals surface area contributed by atoms with Gasteiger partial charge in [-0.05, 0) is 11.6 Å². The van der Waals surface area contributed by atoms with Crippen molar-refractivity contribution in [3.05, 3.63) is 53.3 Å². The fourth-order valence-corrected chi connectivity index (χ4v) is 1.98. The first-order valence-electron chi connectivity index (χ1n) is 6.32. The van der Waals surface area contributed by atoms with Gasteiger partial charge in [-0.1, -0.05) is 23.4 Å². The van der Waals surface area contributed by atoms with Crippen molar-refractivity contribution in [2.45, 2.75) is 6.54 Å². The van der Waals surface area contributed by atoms with Gasteiger partial charge in [0.05, 0.1) is 11.8 Å². The highest BCUT2D eigenvalue weighted by Crippen LogP contribution is 2.10. The Morgan fingerprint density at radius 1 is 1.48 bits per heavy atom. The molecular formula is C14H17N5O2. The molecule has 0 saturated heterocycles. The molecule has 2 aromatic rings. The number of amidine groups is 1. The number of oxime groups is 1. The highest BCUT2D eigenvalue weighted by molar-refractivity contribution is 5.97. The van der Waals surface area contributed by atoms with E-state index in [0.717, 1.165) is 5.56 Å². The molecule has 0 aliphatic rings. The molecule has 1 heterocycles. The first kappa shape index (κ1) is 14.6. The average Bonchev–Trinajstić information content (AvgIpc) is 2.92. The summed E-state index contributed by atoms with van der Waals surface area (Å²) in [7, 11) is 3.47. The molecular weight excluding hydrogens is 270 g/mol. The zero-order valence-electron chi connectivity index (χ0n) is 11.9. The second kappa shape index (κ2) is 6.08. The van der Waals surface area contributed by atoms with Gasteiger partial charge in [0, 0.05) is 32.4 Å². The van der Waals surface area contributed by atoms with Crippen LogP contribution in [0.1, 0.15) is 21.5 Å². The third-order valence-electron chi connectivity index (χ3n) is 3.05. The van der Waals surface area contributed by atoms with Gasteiger partial charge in [-0.3, -0.25) is 9.48 Å². The first-order chi connectivity index (χ1) is 10.0. The number of hydrogen-bond donors (Lipinski definition) is 2. The Bertz CT molecular complexity index is 678. The third kappa shape index (κ3) is 3.38. The van der Waals surface area contributed by atoms with Gasteiger partial charge in [-0.2, -0.15) is 5.10 Å². The number of carbonyl (C=O) groups excluding carboxylic acids is 1. The lowest BCUT2D eigenvalue weighted by Gasteiger charge is -2.16. The van der Waals surface area contributed by atoms with Crippen LogP contribution in [-0.4, -0.2) is 38.7 Å². The lowest BCUT2D eigenvalue weighted by Crippen LogP contribution is -2.26. The van der Waals surface area contributed by atoms with Crippen LogP contribution < -0.4 is 5.73 Å². The van der Waals surface area contributed by atoms with Crippen LogP contribution in [0.15, 0.2) is 41.8 Å². The molecule has 0 unspecified atom stereocenters. The Balaban J connectivity index is 2.12. The van der Waals surface area contributed by atoms with Crippen molar-refractivity contribution < 1.29 is 10.0 Å². The van der Waals surface area contributed by atoms with E-state index in [0.29, 0.717) is 17.7 Å². The standard InChI is InChI=1S/C14H17N5O2/c1-18(14(20)12-7-16-19(2)9-12)8-10-4-3-5-11(6-10)13(15)17-21/h3-7,9,21H,8H2,1-2H3,(H2,15,17). The third-order valence-corrected chi connectivity index (χ3v) is 3.05. The summed E-state index contributed by atoms with van der Waals surface area (Å²) in [5.74, 6) is -0.0737. The van der Waals surface area contributed by atoms with Crippen LogP contribution in [0.3, 0.4) is 0 Å². The normalized spacial score (nSPS) is 11.4. The summed E-state index contributed by atoms with van der Waals surface area (Å²) >= 11 is 0. The second-order valence-electron chi connectivity index (χ2n) is 4.75. The lowest BCUT2D eigenvalue weighted by atomic mass is 10.1. The van der Waals surface area contributed by atoms with Gasteiger partial charge in [0.25, 0.3) is 5.91 Å². The summed E-state index contributed by atoms with van der Waals surface area (Å²) in [5, 5.41) is 15.6. The number of benzene rings is 1. The van der Waals surface area contributed by atoms with E-state index in [1.807, 2.05) is 6.07 Å². The summed E-state index contributed by atoms with van der Waals surface area (Å²) in [6, 6.07) is 7.19. The Morgan fingerprint density at radius 2 is 2.24 bits per heavy atom. The number of rotatable bonds is 4. The monoisotopic (exact) mass is 287 g/mol. The Kier molecular flexibility index (Phi) is 4.22. The summed E-state index contributed by atoms with van der Waals surface area (Å²) in [6.45, 7) is 0.417. The Hall–Kier alpha value is -2.83. The molecule has 0 aliphatic carbocycles. The molecule has 7 nitrogen and oxygen atoms in total. The molecule has 21 heavy (non-hydrogen) atoms. The number of amides is 1. The molecule has 1 amide bonds. The number of carbonyl (C=O) groups is 1. The zero-order chi connectivity index (χ0) is 15.4. The molecule has 1 aromatic carbocycles. The van der Waals surface area contributed by atoms with Crippen molar-refractivity contribution in [2.75, 3.05) is 7.05 Å². The van der Waals surface area contributed by atoms with Gasteiger partial charge in [0.1, 0.15) is 0 Å². The smallest absolute Gasteiger partial charge is 0.257 e. The number of nitrogens with zero attached hydrogens (tertiary/aromatic N) is 4. The number of aromatic nitrogens is 2. The van der Waals surface area contributed by atoms with Gasteiger partial charge in [-0.15, -0.1) is 0 Å². The van der Waals surface area contributed by atoms with Crippen molar-refractivity contribution in [2.24, 2.45) is 17.9 Å². The highest BCUT2D eigenvalue weighted by Gasteiger charge is 2.14. The minimum absolute atomic E-state index is 0.0399.